The van der Waals surface area contributed by atoms with Crippen molar-refractivity contribution < 1.29 is 4.79 Å². The third-order valence-electron chi connectivity index (χ3n) is 3.42. The Balaban J connectivity index is 2.01. The van der Waals surface area contributed by atoms with Gasteiger partial charge in [0.2, 0.25) is 5.91 Å². The molecule has 21 heavy (non-hydrogen) atoms. The molecular weight excluding hydrogens is 264 g/mol. The van der Waals surface area contributed by atoms with Gasteiger partial charge in [-0.1, -0.05) is 12.1 Å². The van der Waals surface area contributed by atoms with Gasteiger partial charge in [-0.25, -0.2) is 0 Å². The van der Waals surface area contributed by atoms with E-state index >= 15 is 0 Å². The Morgan fingerprint density at radius 3 is 2.81 bits per heavy atom. The van der Waals surface area contributed by atoms with E-state index in [1.807, 2.05) is 43.0 Å². The van der Waals surface area contributed by atoms with Crippen LogP contribution in [0.15, 0.2) is 30.5 Å². The average Bonchev–Trinajstić information content (AvgIpc) is 2.74. The molecule has 0 fully saturated rings. The van der Waals surface area contributed by atoms with Crippen LogP contribution in [0.4, 0.5) is 5.69 Å². The van der Waals surface area contributed by atoms with Gasteiger partial charge < -0.3 is 10.6 Å². The molecule has 1 unspecified atom stereocenters. The first-order valence-electron chi connectivity index (χ1n) is 7.05. The van der Waals surface area contributed by atoms with Crippen molar-refractivity contribution in [3.8, 4) is 0 Å². The minimum absolute atomic E-state index is 0.0567. The number of aryl methyl sites for hydroxylation is 2. The second-order valence-electron chi connectivity index (χ2n) is 5.32. The summed E-state index contributed by atoms with van der Waals surface area (Å²) >= 11 is 0. The van der Waals surface area contributed by atoms with Crippen LogP contribution >= 0.6 is 0 Å². The van der Waals surface area contributed by atoms with E-state index in [-0.39, 0.29) is 11.9 Å². The highest BCUT2D eigenvalue weighted by atomic mass is 16.1. The van der Waals surface area contributed by atoms with Crippen LogP contribution in [0.5, 0.6) is 0 Å². The van der Waals surface area contributed by atoms with E-state index in [0.29, 0.717) is 0 Å². The predicted octanol–water partition coefficient (Wildman–Crippen LogP) is 2.54. The van der Waals surface area contributed by atoms with Gasteiger partial charge in [-0.3, -0.25) is 9.48 Å². The Hall–Kier alpha value is -2.14. The molecule has 1 atom stereocenters. The van der Waals surface area contributed by atoms with E-state index in [4.69, 9.17) is 0 Å². The normalized spacial score (nSPS) is 12.2. The largest absolute Gasteiger partial charge is 0.326 e. The molecular formula is C16H22N4O. The number of anilines is 1. The molecule has 0 saturated carbocycles. The fourth-order valence-electron chi connectivity index (χ4n) is 2.29. The Bertz CT molecular complexity index is 633. The number of aromatic nitrogens is 2. The summed E-state index contributed by atoms with van der Waals surface area (Å²) in [5.41, 5.74) is 4.21. The molecule has 0 aliphatic heterocycles. The van der Waals surface area contributed by atoms with Gasteiger partial charge in [0.05, 0.1) is 5.69 Å². The van der Waals surface area contributed by atoms with E-state index in [0.717, 1.165) is 23.5 Å². The SMILES string of the molecule is CC(=O)Nc1cccc(C(C)NCc2cn(C)nc2C)c1. The molecule has 0 saturated heterocycles. The maximum Gasteiger partial charge on any atom is 0.221 e. The number of carbonyl (C=O) groups is 1. The molecule has 2 rings (SSSR count). The van der Waals surface area contributed by atoms with Crippen molar-refractivity contribution in [2.75, 3.05) is 5.32 Å². The third kappa shape index (κ3) is 4.16. The van der Waals surface area contributed by atoms with Crippen molar-refractivity contribution in [1.82, 2.24) is 15.1 Å². The molecule has 2 aromatic rings. The summed E-state index contributed by atoms with van der Waals surface area (Å²) in [4.78, 5) is 11.1. The maximum absolute atomic E-state index is 11.1. The summed E-state index contributed by atoms with van der Waals surface area (Å²) in [6.45, 7) is 6.41. The van der Waals surface area contributed by atoms with Crippen LogP contribution in [0.1, 0.15) is 36.7 Å². The Kier molecular flexibility index (Phi) is 4.75. The Labute approximate surface area is 125 Å². The van der Waals surface area contributed by atoms with Gasteiger partial charge in [-0.2, -0.15) is 5.10 Å². The molecule has 5 nitrogen and oxygen atoms in total. The summed E-state index contributed by atoms with van der Waals surface area (Å²) < 4.78 is 1.83. The molecule has 0 bridgehead atoms. The third-order valence-corrected chi connectivity index (χ3v) is 3.42. The molecule has 0 radical (unpaired) electrons. The van der Waals surface area contributed by atoms with Crippen LogP contribution in [0.2, 0.25) is 0 Å². The van der Waals surface area contributed by atoms with Crippen molar-refractivity contribution >= 4 is 11.6 Å². The highest BCUT2D eigenvalue weighted by molar-refractivity contribution is 5.88. The van der Waals surface area contributed by atoms with Crippen molar-refractivity contribution in [2.24, 2.45) is 7.05 Å². The molecule has 2 N–H and O–H groups in total. The second-order valence-corrected chi connectivity index (χ2v) is 5.32. The van der Waals surface area contributed by atoms with Crippen molar-refractivity contribution in [1.29, 1.82) is 0 Å². The number of nitrogens with zero attached hydrogens (tertiary/aromatic N) is 2. The summed E-state index contributed by atoms with van der Waals surface area (Å²) in [5.74, 6) is -0.0567. The number of rotatable bonds is 5. The first-order chi connectivity index (χ1) is 9.95. The van der Waals surface area contributed by atoms with Gasteiger partial charge in [-0.05, 0) is 31.5 Å². The van der Waals surface area contributed by atoms with E-state index in [1.54, 1.807) is 0 Å². The number of hydrogen-bond donors (Lipinski definition) is 2. The number of carbonyl (C=O) groups excluding carboxylic acids is 1. The number of hydrogen-bond acceptors (Lipinski definition) is 3. The molecule has 1 aromatic carbocycles. The number of benzene rings is 1. The fraction of sp³-hybridized carbons (Fsp3) is 0.375. The predicted molar refractivity (Wildman–Crippen MR) is 83.9 cm³/mol. The summed E-state index contributed by atoms with van der Waals surface area (Å²) in [6.07, 6.45) is 2.03. The monoisotopic (exact) mass is 286 g/mol. The van der Waals surface area contributed by atoms with E-state index in [2.05, 4.69) is 28.7 Å². The molecule has 112 valence electrons. The lowest BCUT2D eigenvalue weighted by molar-refractivity contribution is -0.114. The van der Waals surface area contributed by atoms with Gasteiger partial charge in [0.15, 0.2) is 0 Å². The first-order valence-corrected chi connectivity index (χ1v) is 7.05. The minimum Gasteiger partial charge on any atom is -0.326 e. The topological polar surface area (TPSA) is 59.0 Å². The zero-order valence-electron chi connectivity index (χ0n) is 13.0. The molecule has 0 spiro atoms. The van der Waals surface area contributed by atoms with Crippen LogP contribution in [0, 0.1) is 6.92 Å². The van der Waals surface area contributed by atoms with Gasteiger partial charge in [0.25, 0.3) is 0 Å². The number of nitrogens with one attached hydrogen (secondary N) is 2. The fourth-order valence-corrected chi connectivity index (χ4v) is 2.29. The van der Waals surface area contributed by atoms with Crippen molar-refractivity contribution in [2.45, 2.75) is 33.4 Å². The van der Waals surface area contributed by atoms with Crippen LogP contribution in [0.25, 0.3) is 0 Å². The van der Waals surface area contributed by atoms with Crippen molar-refractivity contribution in [3.63, 3.8) is 0 Å². The lowest BCUT2D eigenvalue weighted by atomic mass is 10.1. The standard InChI is InChI=1S/C16H22N4O/c1-11(17-9-15-10-20(4)19-12(15)2)14-6-5-7-16(8-14)18-13(3)21/h5-8,10-11,17H,9H2,1-4H3,(H,18,21). The molecule has 5 heteroatoms. The van der Waals surface area contributed by atoms with E-state index in [1.165, 1.54) is 12.5 Å². The van der Waals surface area contributed by atoms with Gasteiger partial charge in [0.1, 0.15) is 0 Å². The Morgan fingerprint density at radius 1 is 1.43 bits per heavy atom. The quantitative estimate of drug-likeness (QED) is 0.888. The van der Waals surface area contributed by atoms with E-state index in [9.17, 15) is 4.79 Å². The van der Waals surface area contributed by atoms with Gasteiger partial charge in [-0.15, -0.1) is 0 Å². The highest BCUT2D eigenvalue weighted by Gasteiger charge is 2.08. The van der Waals surface area contributed by atoms with Gasteiger partial charge >= 0.3 is 0 Å². The first kappa shape index (κ1) is 15.3. The van der Waals surface area contributed by atoms with Crippen molar-refractivity contribution in [3.05, 3.63) is 47.3 Å². The summed E-state index contributed by atoms with van der Waals surface area (Å²) in [5, 5.41) is 10.6. The molecule has 0 aliphatic rings. The van der Waals surface area contributed by atoms with E-state index < -0.39 is 0 Å². The highest BCUT2D eigenvalue weighted by Crippen LogP contribution is 2.18. The smallest absolute Gasteiger partial charge is 0.221 e. The zero-order chi connectivity index (χ0) is 15.4. The summed E-state index contributed by atoms with van der Waals surface area (Å²) in [6, 6.07) is 8.09. The maximum atomic E-state index is 11.1. The lowest BCUT2D eigenvalue weighted by Crippen LogP contribution is -2.18. The molecule has 0 aliphatic carbocycles. The minimum atomic E-state index is -0.0567. The van der Waals surface area contributed by atoms with Crippen LogP contribution < -0.4 is 10.6 Å². The average molecular weight is 286 g/mol. The summed E-state index contributed by atoms with van der Waals surface area (Å²) in [7, 11) is 1.93. The second kappa shape index (κ2) is 6.54. The van der Waals surface area contributed by atoms with Gasteiger partial charge in [0, 0.05) is 44.0 Å². The molecule has 1 aromatic heterocycles. The van der Waals surface area contributed by atoms with Crippen LogP contribution in [-0.4, -0.2) is 15.7 Å². The van der Waals surface area contributed by atoms with Crippen LogP contribution in [-0.2, 0) is 18.4 Å². The molecule has 1 heterocycles. The zero-order valence-corrected chi connectivity index (χ0v) is 13.0. The van der Waals surface area contributed by atoms with Crippen LogP contribution in [0.3, 0.4) is 0 Å². The molecule has 1 amide bonds. The number of amides is 1. The lowest BCUT2D eigenvalue weighted by Gasteiger charge is -2.15. The Morgan fingerprint density at radius 2 is 2.19 bits per heavy atom.